The van der Waals surface area contributed by atoms with Crippen LogP contribution < -0.4 is 0 Å². The van der Waals surface area contributed by atoms with E-state index in [-0.39, 0.29) is 0 Å². The lowest BCUT2D eigenvalue weighted by Gasteiger charge is -2.23. The molecule has 1 atom stereocenters. The summed E-state index contributed by atoms with van der Waals surface area (Å²) in [6.45, 7) is 5.97. The summed E-state index contributed by atoms with van der Waals surface area (Å²) in [5, 5.41) is 9.52. The van der Waals surface area contributed by atoms with E-state index in [9.17, 15) is 5.11 Å². The van der Waals surface area contributed by atoms with Crippen molar-refractivity contribution in [2.24, 2.45) is 0 Å². The molecule has 2 saturated heterocycles. The van der Waals surface area contributed by atoms with Crippen LogP contribution >= 0.6 is 15.9 Å². The second-order valence-electron chi connectivity index (χ2n) is 5.71. The topological polar surface area (TPSA) is 26.7 Å². The number of nitrogens with zero attached hydrogens (tertiary/aromatic N) is 2. The van der Waals surface area contributed by atoms with E-state index in [0.717, 1.165) is 17.1 Å². The van der Waals surface area contributed by atoms with Gasteiger partial charge in [-0.2, -0.15) is 0 Å². The van der Waals surface area contributed by atoms with Crippen molar-refractivity contribution in [2.45, 2.75) is 31.8 Å². The van der Waals surface area contributed by atoms with Gasteiger partial charge in [-0.15, -0.1) is 0 Å². The van der Waals surface area contributed by atoms with Crippen LogP contribution in [0.2, 0.25) is 0 Å². The van der Waals surface area contributed by atoms with Gasteiger partial charge in [0.25, 0.3) is 0 Å². The lowest BCUT2D eigenvalue weighted by molar-refractivity contribution is 0.230. The van der Waals surface area contributed by atoms with E-state index in [0.29, 0.717) is 5.75 Å². The van der Waals surface area contributed by atoms with Gasteiger partial charge in [0.1, 0.15) is 5.75 Å². The fourth-order valence-electron chi connectivity index (χ4n) is 3.27. The van der Waals surface area contributed by atoms with Crippen LogP contribution in [0.15, 0.2) is 22.7 Å². The molecule has 1 unspecified atom stereocenters. The van der Waals surface area contributed by atoms with E-state index >= 15 is 0 Å². The molecule has 2 aliphatic heterocycles. The zero-order chi connectivity index (χ0) is 13.2. The van der Waals surface area contributed by atoms with Gasteiger partial charge in [-0.1, -0.05) is 6.07 Å². The van der Waals surface area contributed by atoms with Gasteiger partial charge in [0, 0.05) is 25.7 Å². The Morgan fingerprint density at radius 2 is 2.00 bits per heavy atom. The number of halogens is 1. The monoisotopic (exact) mass is 324 g/mol. The first-order chi connectivity index (χ1) is 9.22. The van der Waals surface area contributed by atoms with Gasteiger partial charge in [-0.05, 0) is 66.0 Å². The van der Waals surface area contributed by atoms with E-state index in [1.54, 1.807) is 6.07 Å². The molecule has 0 bridgehead atoms. The predicted octanol–water partition coefficient (Wildman–Crippen LogP) is 2.82. The quantitative estimate of drug-likeness (QED) is 0.926. The molecule has 2 heterocycles. The van der Waals surface area contributed by atoms with Gasteiger partial charge in [0.2, 0.25) is 0 Å². The van der Waals surface area contributed by atoms with Gasteiger partial charge in [-0.25, -0.2) is 0 Å². The Morgan fingerprint density at radius 1 is 1.21 bits per heavy atom. The van der Waals surface area contributed by atoms with Gasteiger partial charge in [0.15, 0.2) is 0 Å². The van der Waals surface area contributed by atoms with Crippen LogP contribution in [0.3, 0.4) is 0 Å². The van der Waals surface area contributed by atoms with Crippen LogP contribution in [-0.2, 0) is 6.54 Å². The lowest BCUT2D eigenvalue weighted by Crippen LogP contribution is -2.35. The summed E-state index contributed by atoms with van der Waals surface area (Å²) in [5.41, 5.74) is 1.27. The van der Waals surface area contributed by atoms with Crippen molar-refractivity contribution in [3.63, 3.8) is 0 Å². The number of rotatable bonds is 3. The molecule has 0 saturated carbocycles. The van der Waals surface area contributed by atoms with Gasteiger partial charge >= 0.3 is 0 Å². The van der Waals surface area contributed by atoms with Crippen molar-refractivity contribution in [3.8, 4) is 5.75 Å². The predicted molar refractivity (Wildman–Crippen MR) is 80.3 cm³/mol. The second kappa shape index (κ2) is 5.81. The summed E-state index contributed by atoms with van der Waals surface area (Å²) >= 11 is 3.38. The number of aromatic hydroxyl groups is 1. The Hall–Kier alpha value is -0.580. The first-order valence-corrected chi connectivity index (χ1v) is 7.95. The first kappa shape index (κ1) is 13.4. The Morgan fingerprint density at radius 3 is 2.74 bits per heavy atom. The maximum Gasteiger partial charge on any atom is 0.129 e. The van der Waals surface area contributed by atoms with Gasteiger partial charge in [-0.3, -0.25) is 9.80 Å². The van der Waals surface area contributed by atoms with Crippen molar-refractivity contribution >= 4 is 15.9 Å². The van der Waals surface area contributed by atoms with E-state index in [1.807, 2.05) is 12.1 Å². The average molecular weight is 325 g/mol. The molecule has 1 aromatic carbocycles. The Labute approximate surface area is 123 Å². The number of phenolic OH excluding ortho intramolecular Hbond substituents is 1. The number of hydrogen-bond acceptors (Lipinski definition) is 3. The molecule has 0 aliphatic carbocycles. The molecule has 2 aliphatic rings. The third kappa shape index (κ3) is 3.12. The van der Waals surface area contributed by atoms with Crippen molar-refractivity contribution in [2.75, 3.05) is 26.2 Å². The molecule has 3 rings (SSSR count). The summed E-state index contributed by atoms with van der Waals surface area (Å²) < 4.78 is 0.792. The van der Waals surface area contributed by atoms with Crippen LogP contribution in [-0.4, -0.2) is 47.1 Å². The van der Waals surface area contributed by atoms with Crippen molar-refractivity contribution in [1.82, 2.24) is 9.80 Å². The molecule has 0 aromatic heterocycles. The average Bonchev–Trinajstić information content (AvgIpc) is 3.04. The smallest absolute Gasteiger partial charge is 0.129 e. The molecule has 3 nitrogen and oxygen atoms in total. The highest BCUT2D eigenvalue weighted by Gasteiger charge is 2.28. The highest BCUT2D eigenvalue weighted by Crippen LogP contribution is 2.26. The lowest BCUT2D eigenvalue weighted by atomic mass is 10.2. The highest BCUT2D eigenvalue weighted by molar-refractivity contribution is 9.10. The highest BCUT2D eigenvalue weighted by atomic mass is 79.9. The van der Waals surface area contributed by atoms with Crippen LogP contribution in [0, 0.1) is 0 Å². The molecule has 19 heavy (non-hydrogen) atoms. The maximum atomic E-state index is 9.52. The van der Waals surface area contributed by atoms with E-state index < -0.39 is 0 Å². The zero-order valence-electron chi connectivity index (χ0n) is 11.2. The van der Waals surface area contributed by atoms with Gasteiger partial charge in [0.05, 0.1) is 4.47 Å². The minimum absolute atomic E-state index is 0.320. The summed E-state index contributed by atoms with van der Waals surface area (Å²) in [7, 11) is 0. The molecular formula is C15H21BrN2O. The number of phenols is 1. The second-order valence-corrected chi connectivity index (χ2v) is 6.56. The van der Waals surface area contributed by atoms with E-state index in [2.05, 4.69) is 25.7 Å². The number of hydrogen-bond donors (Lipinski definition) is 1. The van der Waals surface area contributed by atoms with E-state index in [1.165, 1.54) is 51.0 Å². The fraction of sp³-hybridized carbons (Fsp3) is 0.600. The fourth-order valence-corrected chi connectivity index (χ4v) is 3.69. The minimum atomic E-state index is 0.320. The van der Waals surface area contributed by atoms with Crippen molar-refractivity contribution in [1.29, 1.82) is 0 Å². The summed E-state index contributed by atoms with van der Waals surface area (Å²) in [4.78, 5) is 5.19. The van der Waals surface area contributed by atoms with Crippen molar-refractivity contribution in [3.05, 3.63) is 28.2 Å². The normalized spacial score (nSPS) is 25.2. The maximum absolute atomic E-state index is 9.52. The number of benzene rings is 1. The molecule has 0 spiro atoms. The van der Waals surface area contributed by atoms with Crippen molar-refractivity contribution < 1.29 is 5.11 Å². The molecule has 1 aromatic rings. The number of likely N-dealkylation sites (tertiary alicyclic amines) is 2. The zero-order valence-corrected chi connectivity index (χ0v) is 12.8. The largest absolute Gasteiger partial charge is 0.507 e. The molecule has 1 N–H and O–H groups in total. The van der Waals surface area contributed by atoms with Gasteiger partial charge < -0.3 is 5.11 Å². The van der Waals surface area contributed by atoms with Crippen LogP contribution in [0.1, 0.15) is 24.8 Å². The molecule has 0 radical (unpaired) electrons. The Balaban J connectivity index is 1.57. The molecular weight excluding hydrogens is 304 g/mol. The molecule has 104 valence electrons. The third-order valence-electron chi connectivity index (χ3n) is 4.32. The van der Waals surface area contributed by atoms with Crippen LogP contribution in [0.25, 0.3) is 0 Å². The van der Waals surface area contributed by atoms with Crippen LogP contribution in [0.5, 0.6) is 5.75 Å². The molecule has 0 amide bonds. The molecule has 2 fully saturated rings. The SMILES string of the molecule is Oc1ccc(CN2CCC(N3CCCC3)C2)cc1Br. The Bertz CT molecular complexity index is 446. The molecule has 4 heteroatoms. The summed E-state index contributed by atoms with van der Waals surface area (Å²) in [6, 6.07) is 6.58. The standard InChI is InChI=1S/C15H21BrN2O/c16-14-9-12(3-4-15(14)19)10-17-8-5-13(11-17)18-6-1-2-7-18/h3-4,9,13,19H,1-2,5-8,10-11H2. The van der Waals surface area contributed by atoms with Crippen LogP contribution in [0.4, 0.5) is 0 Å². The van der Waals surface area contributed by atoms with E-state index in [4.69, 9.17) is 0 Å². The summed E-state index contributed by atoms with van der Waals surface area (Å²) in [5.74, 6) is 0.320. The third-order valence-corrected chi connectivity index (χ3v) is 4.96. The minimum Gasteiger partial charge on any atom is -0.507 e. The first-order valence-electron chi connectivity index (χ1n) is 7.16. The summed E-state index contributed by atoms with van der Waals surface area (Å²) in [6.07, 6.45) is 4.06. The Kier molecular flexibility index (Phi) is 4.10.